The monoisotopic (exact) mass is 348 g/mol. The van der Waals surface area contributed by atoms with Crippen LogP contribution in [0.2, 0.25) is 0 Å². The number of carbonyl (C=O) groups is 1. The lowest BCUT2D eigenvalue weighted by atomic mass is 10.3. The van der Waals surface area contributed by atoms with Crippen LogP contribution in [-0.4, -0.2) is 45.2 Å². The van der Waals surface area contributed by atoms with Gasteiger partial charge in [-0.25, -0.2) is 4.98 Å². The molecule has 1 amide bonds. The second kappa shape index (κ2) is 8.54. The quantitative estimate of drug-likeness (QED) is 0.766. The smallest absolute Gasteiger partial charge is 0.239 e. The number of aryl methyl sites for hydroxylation is 1. The number of para-hydroxylation sites is 2. The minimum Gasteiger partial charge on any atom is -0.495 e. The Labute approximate surface area is 146 Å². The largest absolute Gasteiger partial charge is 0.495 e. The van der Waals surface area contributed by atoms with E-state index in [0.29, 0.717) is 6.54 Å². The second-order valence-electron chi connectivity index (χ2n) is 5.55. The zero-order valence-electron chi connectivity index (χ0n) is 14.5. The van der Waals surface area contributed by atoms with E-state index in [0.717, 1.165) is 28.7 Å². The Morgan fingerprint density at radius 3 is 2.75 bits per heavy atom. The number of aromatic nitrogens is 1. The van der Waals surface area contributed by atoms with E-state index in [1.807, 2.05) is 50.2 Å². The predicted molar refractivity (Wildman–Crippen MR) is 99.4 cm³/mol. The van der Waals surface area contributed by atoms with E-state index < -0.39 is 0 Å². The fourth-order valence-corrected chi connectivity index (χ4v) is 3.16. The molecule has 0 spiro atoms. The molecule has 24 heavy (non-hydrogen) atoms. The molecule has 1 aromatic heterocycles. The first kappa shape index (κ1) is 18.1. The molecule has 0 atom stereocenters. The highest BCUT2D eigenvalue weighted by Gasteiger charge is 2.10. The van der Waals surface area contributed by atoms with Crippen LogP contribution in [0.3, 0.4) is 0 Å². The lowest BCUT2D eigenvalue weighted by Crippen LogP contribution is -2.31. The Hall–Kier alpha value is -2.28. The number of nitrogens with zero attached hydrogens (tertiary/aromatic N) is 2. The van der Waals surface area contributed by atoms with Crippen molar-refractivity contribution in [3.63, 3.8) is 0 Å². The van der Waals surface area contributed by atoms with Crippen LogP contribution in [-0.2, 0) is 11.2 Å². The highest BCUT2D eigenvalue weighted by molar-refractivity contribution is 7.15. The minimum atomic E-state index is -0.0455. The maximum atomic E-state index is 12.0. The molecular weight excluding hydrogens is 324 g/mol. The average Bonchev–Trinajstić information content (AvgIpc) is 2.94. The number of benzene rings is 1. The molecule has 0 saturated heterocycles. The van der Waals surface area contributed by atoms with Gasteiger partial charge < -0.3 is 20.3 Å². The van der Waals surface area contributed by atoms with Gasteiger partial charge in [0.05, 0.1) is 25.0 Å². The Balaban J connectivity index is 1.77. The van der Waals surface area contributed by atoms with E-state index in [4.69, 9.17) is 4.74 Å². The van der Waals surface area contributed by atoms with Crippen molar-refractivity contribution in [3.8, 4) is 5.75 Å². The van der Waals surface area contributed by atoms with E-state index in [9.17, 15) is 4.79 Å². The SMILES string of the molecule is COc1ccccc1NCC(=O)NCCc1sc(N(C)C)nc1C. The molecule has 0 unspecified atom stereocenters. The third-order valence-electron chi connectivity index (χ3n) is 3.48. The van der Waals surface area contributed by atoms with Crippen LogP contribution in [0.5, 0.6) is 5.75 Å². The first-order chi connectivity index (χ1) is 11.5. The van der Waals surface area contributed by atoms with Crippen molar-refractivity contribution in [2.45, 2.75) is 13.3 Å². The maximum absolute atomic E-state index is 12.0. The predicted octanol–water partition coefficient (Wildman–Crippen LogP) is 2.30. The zero-order valence-corrected chi connectivity index (χ0v) is 15.4. The van der Waals surface area contributed by atoms with Crippen molar-refractivity contribution in [1.82, 2.24) is 10.3 Å². The van der Waals surface area contributed by atoms with Gasteiger partial charge in [-0.2, -0.15) is 0 Å². The first-order valence-corrected chi connectivity index (χ1v) is 8.60. The number of hydrogen-bond acceptors (Lipinski definition) is 6. The lowest BCUT2D eigenvalue weighted by molar-refractivity contribution is -0.119. The van der Waals surface area contributed by atoms with Crippen LogP contribution in [0.15, 0.2) is 24.3 Å². The molecule has 2 rings (SSSR count). The molecule has 130 valence electrons. The van der Waals surface area contributed by atoms with Gasteiger partial charge in [-0.15, -0.1) is 11.3 Å². The summed E-state index contributed by atoms with van der Waals surface area (Å²) in [6.07, 6.45) is 0.789. The summed E-state index contributed by atoms with van der Waals surface area (Å²) < 4.78 is 5.25. The highest BCUT2D eigenvalue weighted by Crippen LogP contribution is 2.24. The highest BCUT2D eigenvalue weighted by atomic mass is 32.1. The molecule has 7 heteroatoms. The van der Waals surface area contributed by atoms with E-state index in [-0.39, 0.29) is 12.5 Å². The van der Waals surface area contributed by atoms with Crippen molar-refractivity contribution >= 4 is 28.1 Å². The minimum absolute atomic E-state index is 0.0455. The van der Waals surface area contributed by atoms with E-state index >= 15 is 0 Å². The molecule has 1 heterocycles. The average molecular weight is 348 g/mol. The van der Waals surface area contributed by atoms with Crippen molar-refractivity contribution in [2.24, 2.45) is 0 Å². The van der Waals surface area contributed by atoms with Gasteiger partial charge in [0, 0.05) is 31.9 Å². The normalized spacial score (nSPS) is 10.3. The van der Waals surface area contributed by atoms with Crippen molar-refractivity contribution in [3.05, 3.63) is 34.8 Å². The number of hydrogen-bond donors (Lipinski definition) is 2. The Kier molecular flexibility index (Phi) is 6.43. The number of nitrogens with one attached hydrogen (secondary N) is 2. The van der Waals surface area contributed by atoms with Gasteiger partial charge in [0.15, 0.2) is 5.13 Å². The van der Waals surface area contributed by atoms with Crippen molar-refractivity contribution in [1.29, 1.82) is 0 Å². The fraction of sp³-hybridized carbons (Fsp3) is 0.412. The van der Waals surface area contributed by atoms with Crippen LogP contribution in [0.25, 0.3) is 0 Å². The van der Waals surface area contributed by atoms with Gasteiger partial charge in [0.1, 0.15) is 5.75 Å². The molecule has 0 saturated carbocycles. The van der Waals surface area contributed by atoms with Gasteiger partial charge in [-0.05, 0) is 19.1 Å². The van der Waals surface area contributed by atoms with Crippen LogP contribution >= 0.6 is 11.3 Å². The molecule has 0 bridgehead atoms. The first-order valence-electron chi connectivity index (χ1n) is 7.78. The summed E-state index contributed by atoms with van der Waals surface area (Å²) in [5.41, 5.74) is 1.84. The van der Waals surface area contributed by atoms with Crippen molar-refractivity contribution in [2.75, 3.05) is 44.5 Å². The molecule has 0 aliphatic heterocycles. The lowest BCUT2D eigenvalue weighted by Gasteiger charge is -2.11. The number of amides is 1. The van der Waals surface area contributed by atoms with E-state index in [1.54, 1.807) is 18.4 Å². The van der Waals surface area contributed by atoms with E-state index in [1.165, 1.54) is 4.88 Å². The molecule has 0 radical (unpaired) electrons. The number of methoxy groups -OCH3 is 1. The zero-order chi connectivity index (χ0) is 17.5. The molecular formula is C17H24N4O2S. The van der Waals surface area contributed by atoms with Gasteiger partial charge in [0.2, 0.25) is 5.91 Å². The van der Waals surface area contributed by atoms with Gasteiger partial charge >= 0.3 is 0 Å². The van der Waals surface area contributed by atoms with Crippen LogP contribution < -0.4 is 20.3 Å². The summed E-state index contributed by atoms with van der Waals surface area (Å²) in [4.78, 5) is 19.7. The summed E-state index contributed by atoms with van der Waals surface area (Å²) in [7, 11) is 5.57. The molecule has 0 aliphatic rings. The van der Waals surface area contributed by atoms with Gasteiger partial charge in [-0.1, -0.05) is 12.1 Å². The van der Waals surface area contributed by atoms with Crippen molar-refractivity contribution < 1.29 is 9.53 Å². The number of carbonyl (C=O) groups excluding carboxylic acids is 1. The Bertz CT molecular complexity index is 685. The Morgan fingerprint density at radius 1 is 1.33 bits per heavy atom. The number of thiazole rings is 1. The fourth-order valence-electron chi connectivity index (χ4n) is 2.18. The van der Waals surface area contributed by atoms with Crippen LogP contribution in [0.1, 0.15) is 10.6 Å². The van der Waals surface area contributed by atoms with Gasteiger partial charge in [0.25, 0.3) is 0 Å². The van der Waals surface area contributed by atoms with Gasteiger partial charge in [-0.3, -0.25) is 4.79 Å². The summed E-state index contributed by atoms with van der Waals surface area (Å²) >= 11 is 1.67. The summed E-state index contributed by atoms with van der Waals surface area (Å²) in [6.45, 7) is 2.82. The molecule has 0 fully saturated rings. The maximum Gasteiger partial charge on any atom is 0.239 e. The summed E-state index contributed by atoms with van der Waals surface area (Å²) in [5.74, 6) is 0.678. The second-order valence-corrected chi connectivity index (χ2v) is 6.62. The molecule has 1 aromatic carbocycles. The third kappa shape index (κ3) is 4.86. The topological polar surface area (TPSA) is 66.5 Å². The van der Waals surface area contributed by atoms with Crippen LogP contribution in [0, 0.1) is 6.92 Å². The summed E-state index contributed by atoms with van der Waals surface area (Å²) in [5, 5.41) is 7.01. The molecule has 2 N–H and O–H groups in total. The standard InChI is InChI=1S/C17H24N4O2S/c1-12-15(24-17(20-12)21(2)3)9-10-18-16(22)11-19-13-7-5-6-8-14(13)23-4/h5-8,19H,9-11H2,1-4H3,(H,18,22). The molecule has 2 aromatic rings. The number of ether oxygens (including phenoxy) is 1. The van der Waals surface area contributed by atoms with Crippen LogP contribution in [0.4, 0.5) is 10.8 Å². The molecule has 6 nitrogen and oxygen atoms in total. The summed E-state index contributed by atoms with van der Waals surface area (Å²) in [6, 6.07) is 7.53. The number of rotatable bonds is 8. The Morgan fingerprint density at radius 2 is 2.08 bits per heavy atom. The third-order valence-corrected chi connectivity index (χ3v) is 4.87. The molecule has 0 aliphatic carbocycles. The number of anilines is 2. The van der Waals surface area contributed by atoms with E-state index in [2.05, 4.69) is 15.6 Å².